The third-order valence-corrected chi connectivity index (χ3v) is 3.37. The van der Waals surface area contributed by atoms with Gasteiger partial charge in [-0.1, -0.05) is 13.3 Å². The Balaban J connectivity index is 2.96. The molecule has 108 valence electrons. The molecule has 0 spiro atoms. The van der Waals surface area contributed by atoms with Gasteiger partial charge in [0, 0.05) is 37.9 Å². The van der Waals surface area contributed by atoms with Crippen molar-refractivity contribution in [2.24, 2.45) is 14.1 Å². The highest BCUT2D eigenvalue weighted by atomic mass is 16.3. The molecule has 1 aromatic heterocycles. The zero-order chi connectivity index (χ0) is 14.6. The van der Waals surface area contributed by atoms with E-state index in [1.807, 2.05) is 13.8 Å². The van der Waals surface area contributed by atoms with Gasteiger partial charge in [-0.05, 0) is 13.3 Å². The van der Waals surface area contributed by atoms with Crippen LogP contribution in [0.3, 0.4) is 0 Å². The first-order valence-electron chi connectivity index (χ1n) is 6.46. The summed E-state index contributed by atoms with van der Waals surface area (Å²) < 4.78 is 2.47. The number of aliphatic hydroxyl groups excluding tert-OH is 1. The average molecular weight is 269 g/mol. The molecule has 0 aromatic carbocycles. The Bertz CT molecular complexity index is 547. The lowest BCUT2D eigenvalue weighted by Crippen LogP contribution is -2.47. The molecule has 1 rings (SSSR count). The van der Waals surface area contributed by atoms with Gasteiger partial charge in [0.25, 0.3) is 5.56 Å². The molecule has 1 heterocycles. The molecule has 0 saturated carbocycles. The molecule has 0 bridgehead atoms. The maximum atomic E-state index is 12.0. The van der Waals surface area contributed by atoms with Crippen molar-refractivity contribution in [1.82, 2.24) is 14.5 Å². The number of hydrogen-bond acceptors (Lipinski definition) is 4. The topological polar surface area (TPSA) is 76.3 Å². The van der Waals surface area contributed by atoms with Crippen molar-refractivity contribution >= 4 is 0 Å². The van der Waals surface area contributed by atoms with Crippen LogP contribution in [-0.2, 0) is 20.6 Å². The normalized spacial score (nSPS) is 14.4. The Morgan fingerprint density at radius 1 is 1.37 bits per heavy atom. The minimum atomic E-state index is -0.408. The van der Waals surface area contributed by atoms with Gasteiger partial charge in [-0.25, -0.2) is 4.79 Å². The van der Waals surface area contributed by atoms with E-state index in [1.165, 1.54) is 11.6 Å². The van der Waals surface area contributed by atoms with E-state index < -0.39 is 5.54 Å². The lowest BCUT2D eigenvalue weighted by molar-refractivity contribution is 0.163. The minimum Gasteiger partial charge on any atom is -0.394 e. The van der Waals surface area contributed by atoms with Crippen LogP contribution in [0.15, 0.2) is 15.8 Å². The molecule has 0 saturated heterocycles. The van der Waals surface area contributed by atoms with Gasteiger partial charge >= 0.3 is 5.69 Å². The molecule has 6 heteroatoms. The molecule has 0 aliphatic carbocycles. The molecule has 0 amide bonds. The van der Waals surface area contributed by atoms with Crippen LogP contribution in [0.2, 0.25) is 0 Å². The van der Waals surface area contributed by atoms with E-state index in [-0.39, 0.29) is 17.9 Å². The maximum absolute atomic E-state index is 12.0. The van der Waals surface area contributed by atoms with Gasteiger partial charge in [0.15, 0.2) is 0 Å². The molecular formula is C13H23N3O3. The van der Waals surface area contributed by atoms with Crippen molar-refractivity contribution in [2.45, 2.75) is 38.8 Å². The predicted octanol–water partition coefficient (Wildman–Crippen LogP) is -0.275. The summed E-state index contributed by atoms with van der Waals surface area (Å²) in [4.78, 5) is 23.5. The SMILES string of the molecule is CCCC(C)(CO)NCc1cn(C)c(=O)n(C)c1=O. The van der Waals surface area contributed by atoms with E-state index in [0.29, 0.717) is 12.1 Å². The Morgan fingerprint density at radius 2 is 2.00 bits per heavy atom. The van der Waals surface area contributed by atoms with Crippen molar-refractivity contribution in [3.8, 4) is 0 Å². The van der Waals surface area contributed by atoms with Crippen LogP contribution in [0.1, 0.15) is 32.3 Å². The second-order valence-corrected chi connectivity index (χ2v) is 5.23. The molecule has 1 unspecified atom stereocenters. The van der Waals surface area contributed by atoms with Crippen LogP contribution in [0.25, 0.3) is 0 Å². The first kappa shape index (κ1) is 15.7. The number of aromatic nitrogens is 2. The molecule has 0 radical (unpaired) electrons. The minimum absolute atomic E-state index is 0.00686. The average Bonchev–Trinajstić information content (AvgIpc) is 2.39. The summed E-state index contributed by atoms with van der Waals surface area (Å²) >= 11 is 0. The standard InChI is InChI=1S/C13H23N3O3/c1-5-6-13(2,9-17)14-7-10-8-15(3)12(19)16(4)11(10)18/h8,14,17H,5-7,9H2,1-4H3. The summed E-state index contributed by atoms with van der Waals surface area (Å²) in [5, 5.41) is 12.6. The van der Waals surface area contributed by atoms with E-state index in [4.69, 9.17) is 0 Å². The van der Waals surface area contributed by atoms with E-state index in [9.17, 15) is 14.7 Å². The van der Waals surface area contributed by atoms with E-state index in [2.05, 4.69) is 5.32 Å². The zero-order valence-electron chi connectivity index (χ0n) is 12.1. The smallest absolute Gasteiger partial charge is 0.330 e. The monoisotopic (exact) mass is 269 g/mol. The molecule has 1 aromatic rings. The van der Waals surface area contributed by atoms with Crippen LogP contribution in [0, 0.1) is 0 Å². The lowest BCUT2D eigenvalue weighted by Gasteiger charge is -2.28. The van der Waals surface area contributed by atoms with Gasteiger partial charge < -0.3 is 15.0 Å². The second-order valence-electron chi connectivity index (χ2n) is 5.23. The summed E-state index contributed by atoms with van der Waals surface area (Å²) in [5.74, 6) is 0. The van der Waals surface area contributed by atoms with Gasteiger partial charge in [0.2, 0.25) is 0 Å². The Labute approximate surface area is 112 Å². The highest BCUT2D eigenvalue weighted by Gasteiger charge is 2.22. The number of rotatable bonds is 6. The van der Waals surface area contributed by atoms with Crippen molar-refractivity contribution in [3.05, 3.63) is 32.6 Å². The third-order valence-electron chi connectivity index (χ3n) is 3.37. The van der Waals surface area contributed by atoms with Gasteiger partial charge in [-0.3, -0.25) is 9.36 Å². The van der Waals surface area contributed by atoms with E-state index >= 15 is 0 Å². The molecule has 19 heavy (non-hydrogen) atoms. The predicted molar refractivity (Wildman–Crippen MR) is 74.2 cm³/mol. The van der Waals surface area contributed by atoms with E-state index in [1.54, 1.807) is 13.2 Å². The number of aliphatic hydroxyl groups is 1. The quantitative estimate of drug-likeness (QED) is 0.745. The number of nitrogens with zero attached hydrogens (tertiary/aromatic N) is 2. The van der Waals surface area contributed by atoms with Crippen LogP contribution >= 0.6 is 0 Å². The van der Waals surface area contributed by atoms with Gasteiger partial charge in [0.1, 0.15) is 0 Å². The number of nitrogens with one attached hydrogen (secondary N) is 1. The van der Waals surface area contributed by atoms with Gasteiger partial charge in [0.05, 0.1) is 6.61 Å². The maximum Gasteiger partial charge on any atom is 0.330 e. The molecule has 1 atom stereocenters. The molecular weight excluding hydrogens is 246 g/mol. The summed E-state index contributed by atoms with van der Waals surface area (Å²) in [6, 6.07) is 0. The highest BCUT2D eigenvalue weighted by molar-refractivity contribution is 5.06. The Morgan fingerprint density at radius 3 is 2.53 bits per heavy atom. The fraction of sp³-hybridized carbons (Fsp3) is 0.692. The highest BCUT2D eigenvalue weighted by Crippen LogP contribution is 2.11. The van der Waals surface area contributed by atoms with Crippen LogP contribution in [-0.4, -0.2) is 26.4 Å². The fourth-order valence-corrected chi connectivity index (χ4v) is 2.09. The van der Waals surface area contributed by atoms with Crippen molar-refractivity contribution in [1.29, 1.82) is 0 Å². The van der Waals surface area contributed by atoms with Crippen molar-refractivity contribution in [3.63, 3.8) is 0 Å². The molecule has 0 aliphatic heterocycles. The van der Waals surface area contributed by atoms with Gasteiger partial charge in [-0.15, -0.1) is 0 Å². The number of hydrogen-bond donors (Lipinski definition) is 2. The lowest BCUT2D eigenvalue weighted by atomic mass is 9.97. The summed E-state index contributed by atoms with van der Waals surface area (Å²) in [6.45, 7) is 4.30. The first-order valence-corrected chi connectivity index (χ1v) is 6.46. The third kappa shape index (κ3) is 3.54. The summed E-state index contributed by atoms with van der Waals surface area (Å²) in [6.07, 6.45) is 3.30. The van der Waals surface area contributed by atoms with Crippen LogP contribution in [0.5, 0.6) is 0 Å². The van der Waals surface area contributed by atoms with Gasteiger partial charge in [-0.2, -0.15) is 0 Å². The Kier molecular flexibility index (Phi) is 5.08. The summed E-state index contributed by atoms with van der Waals surface area (Å²) in [5.41, 5.74) is -0.533. The molecule has 0 aliphatic rings. The van der Waals surface area contributed by atoms with Crippen molar-refractivity contribution < 1.29 is 5.11 Å². The zero-order valence-corrected chi connectivity index (χ0v) is 12.1. The number of aryl methyl sites for hydroxylation is 1. The largest absolute Gasteiger partial charge is 0.394 e. The Hall–Kier alpha value is -1.40. The van der Waals surface area contributed by atoms with Crippen LogP contribution < -0.4 is 16.6 Å². The molecule has 0 fully saturated rings. The first-order chi connectivity index (χ1) is 8.84. The van der Waals surface area contributed by atoms with E-state index in [0.717, 1.165) is 17.4 Å². The second kappa shape index (κ2) is 6.16. The van der Waals surface area contributed by atoms with Crippen molar-refractivity contribution in [2.75, 3.05) is 6.61 Å². The molecule has 6 nitrogen and oxygen atoms in total. The molecule has 2 N–H and O–H groups in total. The van der Waals surface area contributed by atoms with Crippen LogP contribution in [0.4, 0.5) is 0 Å². The fourth-order valence-electron chi connectivity index (χ4n) is 2.09. The summed E-state index contributed by atoms with van der Waals surface area (Å²) in [7, 11) is 3.08.